The van der Waals surface area contributed by atoms with E-state index in [2.05, 4.69) is 37.3 Å². The van der Waals surface area contributed by atoms with E-state index in [9.17, 15) is 5.26 Å². The van der Waals surface area contributed by atoms with Crippen LogP contribution in [0.15, 0.2) is 42.2 Å². The van der Waals surface area contributed by atoms with Crippen molar-refractivity contribution < 1.29 is 5.11 Å². The Morgan fingerprint density at radius 2 is 2.11 bits per heavy atom. The summed E-state index contributed by atoms with van der Waals surface area (Å²) in [6.07, 6.45) is 7.55. The normalized spacial score (nSPS) is 14.4. The maximum absolute atomic E-state index is 9.32. The van der Waals surface area contributed by atoms with Crippen LogP contribution in [0.1, 0.15) is 30.0 Å². The van der Waals surface area contributed by atoms with Crippen molar-refractivity contribution in [2.75, 3.05) is 24.6 Å². The lowest BCUT2D eigenvalue weighted by atomic mass is 10.0. The minimum Gasteiger partial charge on any atom is -0.384 e. The Bertz CT molecular complexity index is 1060. The second-order valence-corrected chi connectivity index (χ2v) is 7.43. The van der Waals surface area contributed by atoms with Crippen LogP contribution >= 0.6 is 11.3 Å². The number of imidazole rings is 1. The van der Waals surface area contributed by atoms with Crippen molar-refractivity contribution in [2.45, 2.75) is 18.9 Å². The van der Waals surface area contributed by atoms with E-state index < -0.39 is 0 Å². The number of aliphatic hydroxyl groups is 1. The fourth-order valence-corrected chi connectivity index (χ4v) is 4.39. The number of pyridine rings is 1. The quantitative estimate of drug-likeness (QED) is 0.697. The number of nitriles is 1. The van der Waals surface area contributed by atoms with Crippen LogP contribution < -0.4 is 4.90 Å². The van der Waals surface area contributed by atoms with E-state index in [1.165, 1.54) is 0 Å². The Morgan fingerprint density at radius 3 is 2.89 bits per heavy atom. The van der Waals surface area contributed by atoms with Crippen LogP contribution in [0.2, 0.25) is 0 Å². The Kier molecular flexibility index (Phi) is 5.38. The Morgan fingerprint density at radius 1 is 1.25 bits per heavy atom. The smallest absolute Gasteiger partial charge is 0.150 e. The first-order valence-electron chi connectivity index (χ1n) is 9.11. The van der Waals surface area contributed by atoms with Gasteiger partial charge >= 0.3 is 0 Å². The molecule has 0 unspecified atom stereocenters. The SMILES string of the molecule is N#Cc1cccnc1N1CCC(n2ccnc2-c2cc(C#CCO)cs2)CC1. The largest absolute Gasteiger partial charge is 0.384 e. The predicted octanol–water partition coefficient (Wildman–Crippen LogP) is 3.06. The number of aliphatic hydroxyl groups excluding tert-OH is 1. The van der Waals surface area contributed by atoms with Crippen molar-refractivity contribution >= 4 is 17.2 Å². The highest BCUT2D eigenvalue weighted by Gasteiger charge is 2.25. The zero-order chi connectivity index (χ0) is 19.3. The molecule has 4 heterocycles. The van der Waals surface area contributed by atoms with Crippen molar-refractivity contribution in [3.8, 4) is 28.6 Å². The summed E-state index contributed by atoms with van der Waals surface area (Å²) in [6.45, 7) is 1.57. The summed E-state index contributed by atoms with van der Waals surface area (Å²) in [7, 11) is 0. The number of piperidine rings is 1. The molecule has 0 aliphatic carbocycles. The average Bonchev–Trinajstić information content (AvgIpc) is 3.41. The molecule has 0 amide bonds. The Labute approximate surface area is 167 Å². The first-order chi connectivity index (χ1) is 13.8. The molecule has 0 radical (unpaired) electrons. The number of hydrogen-bond donors (Lipinski definition) is 1. The Balaban J connectivity index is 1.50. The van der Waals surface area contributed by atoms with Gasteiger partial charge in [-0.15, -0.1) is 11.3 Å². The summed E-state index contributed by atoms with van der Waals surface area (Å²) in [6, 6.07) is 8.23. The highest BCUT2D eigenvalue weighted by molar-refractivity contribution is 7.13. The van der Waals surface area contributed by atoms with Gasteiger partial charge < -0.3 is 14.6 Å². The van der Waals surface area contributed by atoms with Crippen LogP contribution in [-0.2, 0) is 0 Å². The lowest BCUT2D eigenvalue weighted by Gasteiger charge is -2.34. The van der Waals surface area contributed by atoms with E-state index in [4.69, 9.17) is 5.11 Å². The van der Waals surface area contributed by atoms with Crippen molar-refractivity contribution in [2.24, 2.45) is 0 Å². The summed E-state index contributed by atoms with van der Waals surface area (Å²) in [4.78, 5) is 12.2. The molecule has 0 spiro atoms. The van der Waals surface area contributed by atoms with Gasteiger partial charge in [-0.3, -0.25) is 0 Å². The average molecular weight is 389 g/mol. The highest BCUT2D eigenvalue weighted by atomic mass is 32.1. The summed E-state index contributed by atoms with van der Waals surface area (Å²) >= 11 is 1.61. The van der Waals surface area contributed by atoms with Gasteiger partial charge in [0.25, 0.3) is 0 Å². The third kappa shape index (κ3) is 3.63. The van der Waals surface area contributed by atoms with Gasteiger partial charge in [0, 0.05) is 48.7 Å². The van der Waals surface area contributed by atoms with Crippen molar-refractivity contribution in [1.29, 1.82) is 5.26 Å². The predicted molar refractivity (Wildman–Crippen MR) is 109 cm³/mol. The minimum atomic E-state index is -0.137. The summed E-state index contributed by atoms with van der Waals surface area (Å²) in [5, 5.41) is 20.2. The second-order valence-electron chi connectivity index (χ2n) is 6.52. The first kappa shape index (κ1) is 18.2. The van der Waals surface area contributed by atoms with Gasteiger partial charge in [-0.25, -0.2) is 9.97 Å². The molecule has 6 nitrogen and oxygen atoms in total. The fourth-order valence-electron chi connectivity index (χ4n) is 3.55. The van der Waals surface area contributed by atoms with Gasteiger partial charge in [0.05, 0.1) is 10.4 Å². The number of nitrogens with zero attached hydrogens (tertiary/aromatic N) is 5. The van der Waals surface area contributed by atoms with Crippen molar-refractivity contribution in [1.82, 2.24) is 14.5 Å². The highest BCUT2D eigenvalue weighted by Crippen LogP contribution is 2.32. The molecular formula is C21H19N5OS. The molecule has 1 N–H and O–H groups in total. The van der Waals surface area contributed by atoms with Crippen LogP contribution in [0.25, 0.3) is 10.7 Å². The standard InChI is InChI=1S/C21H19N5OS/c22-14-17-4-1-7-23-20(17)25-9-5-18(6-10-25)26-11-8-24-21(26)19-13-16(15-28-19)3-2-12-27/h1,4,7-8,11,13,15,18,27H,5-6,9-10,12H2. The van der Waals surface area contributed by atoms with Gasteiger partial charge in [-0.2, -0.15) is 5.26 Å². The van der Waals surface area contributed by atoms with Crippen LogP contribution in [0.4, 0.5) is 5.82 Å². The number of hydrogen-bond acceptors (Lipinski definition) is 6. The molecule has 1 aliphatic heterocycles. The molecule has 0 aromatic carbocycles. The molecular weight excluding hydrogens is 370 g/mol. The zero-order valence-corrected chi connectivity index (χ0v) is 16.1. The molecule has 4 rings (SSSR count). The molecule has 28 heavy (non-hydrogen) atoms. The van der Waals surface area contributed by atoms with Gasteiger partial charge in [-0.05, 0) is 31.0 Å². The molecule has 3 aromatic heterocycles. The lowest BCUT2D eigenvalue weighted by molar-refractivity contribution is 0.350. The molecule has 1 fully saturated rings. The molecule has 140 valence electrons. The maximum atomic E-state index is 9.32. The minimum absolute atomic E-state index is 0.137. The summed E-state index contributed by atoms with van der Waals surface area (Å²) < 4.78 is 2.25. The number of aromatic nitrogens is 3. The Hall–Kier alpha value is -3.13. The van der Waals surface area contributed by atoms with Crippen molar-refractivity contribution in [3.63, 3.8) is 0 Å². The van der Waals surface area contributed by atoms with Crippen LogP contribution in [0, 0.1) is 23.2 Å². The monoisotopic (exact) mass is 389 g/mol. The van der Waals surface area contributed by atoms with E-state index in [1.807, 2.05) is 29.9 Å². The van der Waals surface area contributed by atoms with E-state index in [0.717, 1.165) is 48.0 Å². The molecule has 3 aromatic rings. The van der Waals surface area contributed by atoms with E-state index >= 15 is 0 Å². The van der Waals surface area contributed by atoms with Crippen LogP contribution in [0.5, 0.6) is 0 Å². The fraction of sp³-hybridized carbons (Fsp3) is 0.286. The third-order valence-electron chi connectivity index (χ3n) is 4.86. The van der Waals surface area contributed by atoms with E-state index in [1.54, 1.807) is 23.6 Å². The van der Waals surface area contributed by atoms with E-state index in [0.29, 0.717) is 11.6 Å². The van der Waals surface area contributed by atoms with Gasteiger partial charge in [0.1, 0.15) is 24.3 Å². The van der Waals surface area contributed by atoms with Gasteiger partial charge in [0.2, 0.25) is 0 Å². The first-order valence-corrected chi connectivity index (χ1v) is 9.99. The third-order valence-corrected chi connectivity index (χ3v) is 5.79. The van der Waals surface area contributed by atoms with Crippen LogP contribution in [0.3, 0.4) is 0 Å². The maximum Gasteiger partial charge on any atom is 0.150 e. The molecule has 7 heteroatoms. The number of thiophene rings is 1. The van der Waals surface area contributed by atoms with Crippen LogP contribution in [-0.4, -0.2) is 39.3 Å². The second kappa shape index (κ2) is 8.26. The molecule has 0 atom stereocenters. The molecule has 0 bridgehead atoms. The topological polar surface area (TPSA) is 78.0 Å². The number of anilines is 1. The molecule has 1 saturated heterocycles. The lowest BCUT2D eigenvalue weighted by Crippen LogP contribution is -2.35. The van der Waals surface area contributed by atoms with Crippen molar-refractivity contribution in [3.05, 3.63) is 53.3 Å². The molecule has 1 aliphatic rings. The van der Waals surface area contributed by atoms with E-state index in [-0.39, 0.29) is 6.61 Å². The summed E-state index contributed by atoms with van der Waals surface area (Å²) in [5.41, 5.74) is 1.52. The van der Waals surface area contributed by atoms with Gasteiger partial charge in [-0.1, -0.05) is 11.8 Å². The number of rotatable bonds is 3. The zero-order valence-electron chi connectivity index (χ0n) is 15.2. The summed E-state index contributed by atoms with van der Waals surface area (Å²) in [5.74, 6) is 7.36. The molecule has 0 saturated carbocycles. The van der Waals surface area contributed by atoms with Gasteiger partial charge in [0.15, 0.2) is 0 Å².